The summed E-state index contributed by atoms with van der Waals surface area (Å²) in [4.78, 5) is 4.16. The fourth-order valence-electron chi connectivity index (χ4n) is 1.59. The Morgan fingerprint density at radius 3 is 2.72 bits per heavy atom. The van der Waals surface area contributed by atoms with Gasteiger partial charge in [-0.25, -0.2) is 0 Å². The molecule has 0 bridgehead atoms. The van der Waals surface area contributed by atoms with E-state index in [0.717, 1.165) is 10.9 Å². The van der Waals surface area contributed by atoms with Crippen molar-refractivity contribution in [3.63, 3.8) is 0 Å². The monoisotopic (exact) mass is 255 g/mol. The third kappa shape index (κ3) is 3.61. The largest absolute Gasteiger partial charge is 0.492 e. The van der Waals surface area contributed by atoms with E-state index in [2.05, 4.69) is 4.98 Å². The molecule has 0 saturated carbocycles. The summed E-state index contributed by atoms with van der Waals surface area (Å²) >= 11 is 0. The van der Waals surface area contributed by atoms with E-state index >= 15 is 0 Å². The van der Waals surface area contributed by atoms with Gasteiger partial charge < -0.3 is 4.74 Å². The van der Waals surface area contributed by atoms with Gasteiger partial charge in [-0.1, -0.05) is 18.2 Å². The number of halogens is 3. The molecule has 1 heterocycles. The van der Waals surface area contributed by atoms with Gasteiger partial charge >= 0.3 is 6.18 Å². The minimum Gasteiger partial charge on any atom is -0.492 e. The van der Waals surface area contributed by atoms with Crippen LogP contribution in [0.5, 0.6) is 5.75 Å². The molecule has 0 aliphatic heterocycles. The molecular weight excluding hydrogens is 243 g/mol. The second-order valence-electron chi connectivity index (χ2n) is 3.93. The lowest BCUT2D eigenvalue weighted by Gasteiger charge is -2.08. The fraction of sp³-hybridized carbons (Fsp3) is 0.308. The second-order valence-corrected chi connectivity index (χ2v) is 3.93. The van der Waals surface area contributed by atoms with Crippen LogP contribution in [0.1, 0.15) is 12.8 Å². The molecular formula is C13H12F3NO. The van der Waals surface area contributed by atoms with Crippen LogP contribution in [0.15, 0.2) is 36.5 Å². The minimum absolute atomic E-state index is 0.0412. The number of hydrogen-bond acceptors (Lipinski definition) is 2. The van der Waals surface area contributed by atoms with Gasteiger partial charge in [-0.3, -0.25) is 4.98 Å². The van der Waals surface area contributed by atoms with Gasteiger partial charge in [0.05, 0.1) is 18.3 Å². The van der Waals surface area contributed by atoms with Gasteiger partial charge in [-0.15, -0.1) is 0 Å². The first-order valence-corrected chi connectivity index (χ1v) is 5.59. The van der Waals surface area contributed by atoms with Crippen LogP contribution < -0.4 is 4.74 Å². The molecule has 0 unspecified atom stereocenters. The van der Waals surface area contributed by atoms with Crippen LogP contribution in [0.3, 0.4) is 0 Å². The van der Waals surface area contributed by atoms with E-state index in [4.69, 9.17) is 4.74 Å². The van der Waals surface area contributed by atoms with E-state index in [1.54, 1.807) is 6.07 Å². The smallest absolute Gasteiger partial charge is 0.389 e. The molecule has 0 aliphatic carbocycles. The van der Waals surface area contributed by atoms with Crippen molar-refractivity contribution in [2.75, 3.05) is 6.61 Å². The first-order chi connectivity index (χ1) is 8.54. The number of fused-ring (bicyclic) bond motifs is 1. The molecule has 2 rings (SSSR count). The molecule has 0 aliphatic rings. The Balaban J connectivity index is 1.92. The van der Waals surface area contributed by atoms with Crippen molar-refractivity contribution in [3.8, 4) is 5.75 Å². The summed E-state index contributed by atoms with van der Waals surface area (Å²) in [6, 6.07) is 9.26. The summed E-state index contributed by atoms with van der Waals surface area (Å²) in [6.45, 7) is 0.0412. The minimum atomic E-state index is -4.12. The van der Waals surface area contributed by atoms with Gasteiger partial charge in [0, 0.05) is 11.8 Å². The van der Waals surface area contributed by atoms with Gasteiger partial charge in [0.25, 0.3) is 0 Å². The summed E-state index contributed by atoms with van der Waals surface area (Å²) in [7, 11) is 0. The molecule has 18 heavy (non-hydrogen) atoms. The molecule has 0 saturated heterocycles. The zero-order valence-corrected chi connectivity index (χ0v) is 9.57. The quantitative estimate of drug-likeness (QED) is 0.771. The van der Waals surface area contributed by atoms with E-state index in [1.165, 1.54) is 6.20 Å². The Labute approximate surface area is 102 Å². The summed E-state index contributed by atoms with van der Waals surface area (Å²) in [5, 5.41) is 0.908. The van der Waals surface area contributed by atoms with Gasteiger partial charge in [-0.05, 0) is 18.6 Å². The van der Waals surface area contributed by atoms with Crippen molar-refractivity contribution >= 4 is 10.9 Å². The van der Waals surface area contributed by atoms with Crippen LogP contribution >= 0.6 is 0 Å². The molecule has 0 atom stereocenters. The fourth-order valence-corrected chi connectivity index (χ4v) is 1.59. The highest BCUT2D eigenvalue weighted by Crippen LogP contribution is 2.22. The Morgan fingerprint density at radius 2 is 1.94 bits per heavy atom. The normalized spacial score (nSPS) is 11.7. The SMILES string of the molecule is FC(F)(F)CCCOc1cnc2ccccc2c1. The molecule has 2 aromatic rings. The lowest BCUT2D eigenvalue weighted by atomic mass is 10.2. The zero-order valence-electron chi connectivity index (χ0n) is 9.57. The van der Waals surface area contributed by atoms with E-state index < -0.39 is 12.6 Å². The topological polar surface area (TPSA) is 22.1 Å². The predicted molar refractivity (Wildman–Crippen MR) is 62.5 cm³/mol. The molecule has 5 heteroatoms. The summed E-state index contributed by atoms with van der Waals surface area (Å²) in [5.74, 6) is 0.496. The standard InChI is InChI=1S/C13H12F3NO/c14-13(15,16)6-3-7-18-11-8-10-4-1-2-5-12(10)17-9-11/h1-2,4-5,8-9H,3,6-7H2. The average molecular weight is 255 g/mol. The highest BCUT2D eigenvalue weighted by Gasteiger charge is 2.26. The number of alkyl halides is 3. The lowest BCUT2D eigenvalue weighted by molar-refractivity contribution is -0.136. The average Bonchev–Trinajstić information content (AvgIpc) is 2.33. The van der Waals surface area contributed by atoms with Crippen LogP contribution in [0.4, 0.5) is 13.2 Å². The summed E-state index contributed by atoms with van der Waals surface area (Å²) in [5.41, 5.74) is 0.833. The number of hydrogen-bond donors (Lipinski definition) is 0. The lowest BCUT2D eigenvalue weighted by Crippen LogP contribution is -2.09. The number of benzene rings is 1. The predicted octanol–water partition coefficient (Wildman–Crippen LogP) is 3.96. The number of rotatable bonds is 4. The first kappa shape index (κ1) is 12.7. The molecule has 2 nitrogen and oxygen atoms in total. The Hall–Kier alpha value is -1.78. The molecule has 0 N–H and O–H groups in total. The third-order valence-electron chi connectivity index (χ3n) is 2.44. The summed E-state index contributed by atoms with van der Waals surface area (Å²) in [6.07, 6.45) is -3.47. The van der Waals surface area contributed by atoms with Crippen molar-refractivity contribution in [2.24, 2.45) is 0 Å². The van der Waals surface area contributed by atoms with Crippen LogP contribution in [0, 0.1) is 0 Å². The van der Waals surface area contributed by atoms with Crippen LogP contribution in [-0.2, 0) is 0 Å². The van der Waals surface area contributed by atoms with Gasteiger partial charge in [0.15, 0.2) is 0 Å². The number of ether oxygens (including phenoxy) is 1. The van der Waals surface area contributed by atoms with Crippen LogP contribution in [-0.4, -0.2) is 17.8 Å². The van der Waals surface area contributed by atoms with E-state index in [0.29, 0.717) is 5.75 Å². The van der Waals surface area contributed by atoms with Crippen molar-refractivity contribution in [1.29, 1.82) is 0 Å². The Bertz CT molecular complexity index is 525. The Morgan fingerprint density at radius 1 is 1.17 bits per heavy atom. The number of nitrogens with zero attached hydrogens (tertiary/aromatic N) is 1. The Kier molecular flexibility index (Phi) is 3.69. The van der Waals surface area contributed by atoms with Crippen LogP contribution in [0.2, 0.25) is 0 Å². The number of aromatic nitrogens is 1. The van der Waals surface area contributed by atoms with Crippen molar-refractivity contribution in [1.82, 2.24) is 4.98 Å². The zero-order chi connectivity index (χ0) is 13.0. The highest BCUT2D eigenvalue weighted by atomic mass is 19.4. The summed E-state index contributed by atoms with van der Waals surface area (Å²) < 4.78 is 41.0. The van der Waals surface area contributed by atoms with Crippen molar-refractivity contribution in [2.45, 2.75) is 19.0 Å². The maximum Gasteiger partial charge on any atom is 0.389 e. The molecule has 0 radical (unpaired) electrons. The van der Waals surface area contributed by atoms with Gasteiger partial charge in [0.1, 0.15) is 5.75 Å². The van der Waals surface area contributed by atoms with Gasteiger partial charge in [0.2, 0.25) is 0 Å². The van der Waals surface area contributed by atoms with E-state index in [1.807, 2.05) is 24.3 Å². The maximum absolute atomic E-state index is 11.9. The molecule has 1 aromatic carbocycles. The number of para-hydroxylation sites is 1. The second kappa shape index (κ2) is 5.25. The van der Waals surface area contributed by atoms with Crippen molar-refractivity contribution < 1.29 is 17.9 Å². The van der Waals surface area contributed by atoms with E-state index in [9.17, 15) is 13.2 Å². The van der Waals surface area contributed by atoms with Crippen LogP contribution in [0.25, 0.3) is 10.9 Å². The van der Waals surface area contributed by atoms with E-state index in [-0.39, 0.29) is 13.0 Å². The molecule has 0 spiro atoms. The van der Waals surface area contributed by atoms with Gasteiger partial charge in [-0.2, -0.15) is 13.2 Å². The molecule has 0 fully saturated rings. The molecule has 1 aromatic heterocycles. The number of pyridine rings is 1. The molecule has 96 valence electrons. The maximum atomic E-state index is 11.9. The molecule has 0 amide bonds. The highest BCUT2D eigenvalue weighted by molar-refractivity contribution is 5.79. The third-order valence-corrected chi connectivity index (χ3v) is 2.44. The van der Waals surface area contributed by atoms with Crippen molar-refractivity contribution in [3.05, 3.63) is 36.5 Å². The first-order valence-electron chi connectivity index (χ1n) is 5.59.